The van der Waals surface area contributed by atoms with Crippen LogP contribution in [0.4, 0.5) is 18.9 Å². The van der Waals surface area contributed by atoms with Gasteiger partial charge in [-0.05, 0) is 55.9 Å². The van der Waals surface area contributed by atoms with Crippen LogP contribution in [0.2, 0.25) is 5.02 Å². The van der Waals surface area contributed by atoms with E-state index in [0.29, 0.717) is 27.5 Å². The van der Waals surface area contributed by atoms with Crippen LogP contribution < -0.4 is 5.32 Å². The summed E-state index contributed by atoms with van der Waals surface area (Å²) in [6.07, 6.45) is -0.355. The van der Waals surface area contributed by atoms with Gasteiger partial charge in [0.2, 0.25) is 0 Å². The van der Waals surface area contributed by atoms with Crippen molar-refractivity contribution >= 4 is 28.2 Å². The van der Waals surface area contributed by atoms with Crippen molar-refractivity contribution in [1.29, 1.82) is 0 Å². The molecule has 1 aliphatic rings. The van der Waals surface area contributed by atoms with Crippen molar-refractivity contribution < 1.29 is 13.2 Å². The molecule has 2 nitrogen and oxygen atoms in total. The maximum absolute atomic E-state index is 13.1. The molecule has 6 heteroatoms. The first-order valence-corrected chi connectivity index (χ1v) is 8.15. The molecule has 1 N–H and O–H groups in total. The Balaban J connectivity index is 2.00. The Morgan fingerprint density at radius 2 is 1.83 bits per heavy atom. The van der Waals surface area contributed by atoms with E-state index in [0.717, 1.165) is 31.7 Å². The van der Waals surface area contributed by atoms with E-state index in [2.05, 4.69) is 17.2 Å². The maximum Gasteiger partial charge on any atom is 0.433 e. The molecule has 0 amide bonds. The smallest absolute Gasteiger partial charge is 0.382 e. The first-order valence-electron chi connectivity index (χ1n) is 7.77. The van der Waals surface area contributed by atoms with Crippen molar-refractivity contribution in [3.63, 3.8) is 0 Å². The van der Waals surface area contributed by atoms with E-state index in [1.54, 1.807) is 12.1 Å². The van der Waals surface area contributed by atoms with Gasteiger partial charge in [0, 0.05) is 22.1 Å². The molecule has 0 atom stereocenters. The van der Waals surface area contributed by atoms with Gasteiger partial charge in [-0.3, -0.25) is 0 Å². The summed E-state index contributed by atoms with van der Waals surface area (Å²) in [6, 6.07) is 6.04. The second-order valence-electron chi connectivity index (χ2n) is 6.32. The fraction of sp³-hybridized carbons (Fsp3) is 0.471. The van der Waals surface area contributed by atoms with Gasteiger partial charge in [0.05, 0.1) is 5.52 Å². The Labute approximate surface area is 138 Å². The monoisotopic (exact) mass is 342 g/mol. The van der Waals surface area contributed by atoms with Crippen molar-refractivity contribution in [2.75, 3.05) is 5.32 Å². The number of halogens is 4. The zero-order valence-electron chi connectivity index (χ0n) is 12.8. The minimum absolute atomic E-state index is 0.192. The third-order valence-corrected chi connectivity index (χ3v) is 4.67. The maximum atomic E-state index is 13.1. The Bertz CT molecular complexity index is 707. The van der Waals surface area contributed by atoms with Crippen molar-refractivity contribution in [2.45, 2.75) is 44.8 Å². The number of benzene rings is 1. The molecule has 1 heterocycles. The quantitative estimate of drug-likeness (QED) is 0.735. The average molecular weight is 343 g/mol. The highest BCUT2D eigenvalue weighted by atomic mass is 35.5. The van der Waals surface area contributed by atoms with Crippen molar-refractivity contribution in [3.05, 3.63) is 35.0 Å². The van der Waals surface area contributed by atoms with Gasteiger partial charge in [-0.1, -0.05) is 18.5 Å². The topological polar surface area (TPSA) is 24.9 Å². The van der Waals surface area contributed by atoms with Gasteiger partial charge < -0.3 is 5.32 Å². The lowest BCUT2D eigenvalue weighted by Gasteiger charge is -2.28. The summed E-state index contributed by atoms with van der Waals surface area (Å²) in [4.78, 5) is 3.73. The Morgan fingerprint density at radius 3 is 2.48 bits per heavy atom. The van der Waals surface area contributed by atoms with Crippen LogP contribution >= 0.6 is 11.6 Å². The van der Waals surface area contributed by atoms with Crippen molar-refractivity contribution in [1.82, 2.24) is 4.98 Å². The zero-order valence-corrected chi connectivity index (χ0v) is 13.5. The Morgan fingerprint density at radius 1 is 1.13 bits per heavy atom. The molecular weight excluding hydrogens is 325 g/mol. The molecule has 1 aromatic carbocycles. The molecule has 0 saturated heterocycles. The predicted octanol–water partition coefficient (Wildman–Crippen LogP) is 5.90. The summed E-state index contributed by atoms with van der Waals surface area (Å²) >= 11 is 6.00. The minimum Gasteiger partial charge on any atom is -0.382 e. The van der Waals surface area contributed by atoms with Crippen molar-refractivity contribution in [3.8, 4) is 0 Å². The van der Waals surface area contributed by atoms with Crippen LogP contribution in [0.5, 0.6) is 0 Å². The largest absolute Gasteiger partial charge is 0.433 e. The molecule has 0 aliphatic heterocycles. The molecular formula is C17H18ClF3N2. The lowest BCUT2D eigenvalue weighted by atomic mass is 9.87. The Hall–Kier alpha value is -1.49. The van der Waals surface area contributed by atoms with E-state index in [1.807, 2.05) is 0 Å². The summed E-state index contributed by atoms with van der Waals surface area (Å²) in [6.45, 7) is 2.21. The van der Waals surface area contributed by atoms with Crippen LogP contribution in [0, 0.1) is 5.92 Å². The number of nitrogens with zero attached hydrogens (tertiary/aromatic N) is 1. The zero-order chi connectivity index (χ0) is 16.6. The highest BCUT2D eigenvalue weighted by Crippen LogP contribution is 2.35. The second-order valence-corrected chi connectivity index (χ2v) is 6.75. The van der Waals surface area contributed by atoms with Crippen molar-refractivity contribution in [2.24, 2.45) is 5.92 Å². The summed E-state index contributed by atoms with van der Waals surface area (Å²) in [5, 5.41) is 4.40. The standard InChI is InChI=1S/C17H18ClF3N2/c1-10-2-5-12(6-3-10)22-15-9-16(17(19,20)21)23-14-7-4-11(18)8-13(14)15/h4,7-10,12H,2-3,5-6H2,1H3,(H,22,23). The number of aromatic nitrogens is 1. The van der Waals surface area contributed by atoms with Gasteiger partial charge >= 0.3 is 6.18 Å². The third-order valence-electron chi connectivity index (χ3n) is 4.44. The summed E-state index contributed by atoms with van der Waals surface area (Å²) in [5.74, 6) is 0.683. The number of hydrogen-bond donors (Lipinski definition) is 1. The number of anilines is 1. The highest BCUT2D eigenvalue weighted by molar-refractivity contribution is 6.31. The summed E-state index contributed by atoms with van der Waals surface area (Å²) < 4.78 is 39.3. The fourth-order valence-electron chi connectivity index (χ4n) is 3.09. The summed E-state index contributed by atoms with van der Waals surface area (Å²) in [5.41, 5.74) is -0.112. The molecule has 1 aromatic heterocycles. The molecule has 1 aliphatic carbocycles. The molecule has 0 bridgehead atoms. The van der Waals surface area contributed by atoms with Crippen LogP contribution in [0.25, 0.3) is 10.9 Å². The summed E-state index contributed by atoms with van der Waals surface area (Å²) in [7, 11) is 0. The fourth-order valence-corrected chi connectivity index (χ4v) is 3.26. The molecule has 0 unspecified atom stereocenters. The number of hydrogen-bond acceptors (Lipinski definition) is 2. The lowest BCUT2D eigenvalue weighted by Crippen LogP contribution is -2.25. The number of fused-ring (bicyclic) bond motifs is 1. The predicted molar refractivity (Wildman–Crippen MR) is 86.8 cm³/mol. The van der Waals surface area contributed by atoms with E-state index in [1.165, 1.54) is 6.07 Å². The lowest BCUT2D eigenvalue weighted by molar-refractivity contribution is -0.140. The molecule has 3 rings (SSSR count). The van der Waals surface area contributed by atoms with E-state index >= 15 is 0 Å². The number of rotatable bonds is 2. The van der Waals surface area contributed by atoms with Crippen LogP contribution in [0.3, 0.4) is 0 Å². The number of pyridine rings is 1. The molecule has 2 aromatic rings. The van der Waals surface area contributed by atoms with Crippen LogP contribution in [0.1, 0.15) is 38.3 Å². The van der Waals surface area contributed by atoms with E-state index < -0.39 is 11.9 Å². The SMILES string of the molecule is CC1CCC(Nc2cc(C(F)(F)F)nc3ccc(Cl)cc23)CC1. The molecule has 0 spiro atoms. The highest BCUT2D eigenvalue weighted by Gasteiger charge is 2.33. The van der Waals surface area contributed by atoms with Gasteiger partial charge in [-0.2, -0.15) is 13.2 Å². The molecule has 124 valence electrons. The number of nitrogens with one attached hydrogen (secondary N) is 1. The first kappa shape index (κ1) is 16.4. The van der Waals surface area contributed by atoms with Gasteiger partial charge in [0.1, 0.15) is 5.69 Å². The second kappa shape index (κ2) is 6.19. The third kappa shape index (κ3) is 3.71. The van der Waals surface area contributed by atoms with Gasteiger partial charge in [-0.25, -0.2) is 4.98 Å². The molecule has 0 radical (unpaired) electrons. The minimum atomic E-state index is -4.47. The first-order chi connectivity index (χ1) is 10.8. The Kier molecular flexibility index (Phi) is 4.41. The molecule has 1 fully saturated rings. The molecule has 1 saturated carbocycles. The van der Waals surface area contributed by atoms with E-state index in [9.17, 15) is 13.2 Å². The van der Waals surface area contributed by atoms with Gasteiger partial charge in [-0.15, -0.1) is 0 Å². The van der Waals surface area contributed by atoms with Crippen LogP contribution in [-0.2, 0) is 6.18 Å². The van der Waals surface area contributed by atoms with Crippen LogP contribution in [0.15, 0.2) is 24.3 Å². The van der Waals surface area contributed by atoms with Crippen LogP contribution in [-0.4, -0.2) is 11.0 Å². The molecule has 23 heavy (non-hydrogen) atoms. The van der Waals surface area contributed by atoms with Gasteiger partial charge in [0.25, 0.3) is 0 Å². The van der Waals surface area contributed by atoms with E-state index in [4.69, 9.17) is 11.6 Å². The van der Waals surface area contributed by atoms with E-state index in [-0.39, 0.29) is 6.04 Å². The average Bonchev–Trinajstić information content (AvgIpc) is 2.49. The number of alkyl halides is 3. The van der Waals surface area contributed by atoms with Gasteiger partial charge in [0.15, 0.2) is 0 Å². The normalized spacial score (nSPS) is 22.3.